The fourth-order valence-corrected chi connectivity index (χ4v) is 5.55. The molecule has 0 spiro atoms. The van der Waals surface area contributed by atoms with E-state index in [4.69, 9.17) is 16.3 Å². The molecule has 1 saturated heterocycles. The highest BCUT2D eigenvalue weighted by atomic mass is 35.5. The van der Waals surface area contributed by atoms with Gasteiger partial charge in [-0.15, -0.1) is 0 Å². The number of hydrogen-bond donors (Lipinski definition) is 3. The average molecular weight is 552 g/mol. The summed E-state index contributed by atoms with van der Waals surface area (Å²) in [5, 5.41) is 6.67. The molecule has 11 heteroatoms. The molecule has 196 valence electrons. The van der Waals surface area contributed by atoms with Crippen LogP contribution < -0.4 is 20.1 Å². The minimum Gasteiger partial charge on any atom is -0.497 e. The SMILES string of the molecule is COc1ccc(Cl)c(Nc2nc3ccccc3nc2NS(=O)(=O)c2cccc(CC(=O)[C@@H]3CCCN3)c2)c1. The van der Waals surface area contributed by atoms with E-state index >= 15 is 0 Å². The normalized spacial score (nSPS) is 15.4. The zero-order valence-electron chi connectivity index (χ0n) is 20.6. The van der Waals surface area contributed by atoms with Gasteiger partial charge in [0.05, 0.1) is 39.8 Å². The number of ether oxygens (including phenoxy) is 1. The molecule has 0 radical (unpaired) electrons. The number of rotatable bonds is 9. The first-order chi connectivity index (χ1) is 18.3. The van der Waals surface area contributed by atoms with Crippen molar-refractivity contribution in [3.8, 4) is 5.75 Å². The number of para-hydroxylation sites is 2. The number of hydrogen-bond acceptors (Lipinski definition) is 8. The summed E-state index contributed by atoms with van der Waals surface area (Å²) in [5.74, 6) is 0.777. The molecular weight excluding hydrogens is 526 g/mol. The highest BCUT2D eigenvalue weighted by Crippen LogP contribution is 2.32. The molecule has 1 fully saturated rings. The van der Waals surface area contributed by atoms with Crippen molar-refractivity contribution in [2.24, 2.45) is 0 Å². The van der Waals surface area contributed by atoms with Crippen LogP contribution in [0.15, 0.2) is 71.6 Å². The Morgan fingerprint density at radius 3 is 2.53 bits per heavy atom. The van der Waals surface area contributed by atoms with Gasteiger partial charge in [0.25, 0.3) is 10.0 Å². The molecule has 0 aliphatic carbocycles. The van der Waals surface area contributed by atoms with Crippen molar-refractivity contribution in [1.82, 2.24) is 15.3 Å². The van der Waals surface area contributed by atoms with E-state index in [1.54, 1.807) is 48.5 Å². The van der Waals surface area contributed by atoms with Crippen LogP contribution in [0.1, 0.15) is 18.4 Å². The third-order valence-electron chi connectivity index (χ3n) is 6.26. The van der Waals surface area contributed by atoms with Gasteiger partial charge in [-0.3, -0.25) is 9.52 Å². The average Bonchev–Trinajstić information content (AvgIpc) is 3.46. The summed E-state index contributed by atoms with van der Waals surface area (Å²) >= 11 is 6.37. The van der Waals surface area contributed by atoms with Gasteiger partial charge in [0.15, 0.2) is 17.4 Å². The Labute approximate surface area is 225 Å². The fourth-order valence-electron chi connectivity index (χ4n) is 4.31. The molecule has 3 N–H and O–H groups in total. The van der Waals surface area contributed by atoms with Gasteiger partial charge in [0.1, 0.15) is 5.75 Å². The molecule has 5 rings (SSSR count). The van der Waals surface area contributed by atoms with Crippen LogP contribution in [0, 0.1) is 0 Å². The quantitative estimate of drug-likeness (QED) is 0.273. The minimum absolute atomic E-state index is 0.000721. The molecule has 2 heterocycles. The fraction of sp³-hybridized carbons (Fsp3) is 0.222. The third-order valence-corrected chi connectivity index (χ3v) is 7.93. The van der Waals surface area contributed by atoms with Crippen LogP contribution in [0.4, 0.5) is 17.3 Å². The highest BCUT2D eigenvalue weighted by Gasteiger charge is 2.24. The molecule has 0 saturated carbocycles. The van der Waals surface area contributed by atoms with Gasteiger partial charge in [-0.25, -0.2) is 18.4 Å². The van der Waals surface area contributed by atoms with E-state index in [-0.39, 0.29) is 34.8 Å². The van der Waals surface area contributed by atoms with Crippen LogP contribution >= 0.6 is 11.6 Å². The second-order valence-corrected chi connectivity index (χ2v) is 11.0. The van der Waals surface area contributed by atoms with Crippen molar-refractivity contribution in [2.45, 2.75) is 30.2 Å². The van der Waals surface area contributed by atoms with E-state index in [0.29, 0.717) is 33.1 Å². The number of carbonyl (C=O) groups excluding carboxylic acids is 1. The summed E-state index contributed by atoms with van der Waals surface area (Å²) in [6, 6.07) is 18.4. The Balaban J connectivity index is 1.47. The second kappa shape index (κ2) is 10.9. The van der Waals surface area contributed by atoms with Crippen molar-refractivity contribution in [2.75, 3.05) is 23.7 Å². The number of sulfonamides is 1. The number of Topliss-reactive ketones (excluding diaryl/α,β-unsaturated/α-hetero) is 1. The topological polar surface area (TPSA) is 122 Å². The standard InChI is InChI=1S/C27H26ClN5O4S/c1-37-18-11-12-20(28)24(16-18)32-26-27(31-22-9-3-2-8-21(22)30-26)33-38(35,36)19-7-4-6-17(14-19)15-25(34)23-10-5-13-29-23/h2-4,6-9,11-12,14,16,23,29H,5,10,13,15H2,1H3,(H,30,32)(H,31,33)/t23-/m0/s1. The Hall–Kier alpha value is -3.73. The van der Waals surface area contributed by atoms with Gasteiger partial charge in [-0.05, 0) is 61.3 Å². The van der Waals surface area contributed by atoms with E-state index in [1.165, 1.54) is 19.2 Å². The summed E-state index contributed by atoms with van der Waals surface area (Å²) in [5.41, 5.74) is 2.17. The zero-order valence-corrected chi connectivity index (χ0v) is 22.1. The highest BCUT2D eigenvalue weighted by molar-refractivity contribution is 7.92. The summed E-state index contributed by atoms with van der Waals surface area (Å²) in [7, 11) is -2.54. The number of ketones is 1. The van der Waals surface area contributed by atoms with Crippen molar-refractivity contribution in [3.05, 3.63) is 77.3 Å². The maximum atomic E-state index is 13.5. The molecule has 0 bridgehead atoms. The van der Waals surface area contributed by atoms with Gasteiger partial charge in [0, 0.05) is 12.5 Å². The zero-order chi connectivity index (χ0) is 26.7. The summed E-state index contributed by atoms with van der Waals surface area (Å²) in [6.07, 6.45) is 1.91. The molecule has 1 aromatic heterocycles. The second-order valence-electron chi connectivity index (χ2n) is 8.93. The molecule has 0 amide bonds. The smallest absolute Gasteiger partial charge is 0.263 e. The number of fused-ring (bicyclic) bond motifs is 1. The Bertz CT molecular complexity index is 1610. The number of carbonyl (C=O) groups is 1. The number of halogens is 1. The Kier molecular flexibility index (Phi) is 7.46. The monoisotopic (exact) mass is 551 g/mol. The Morgan fingerprint density at radius 2 is 1.82 bits per heavy atom. The van der Waals surface area contributed by atoms with Crippen LogP contribution in [0.25, 0.3) is 11.0 Å². The number of anilines is 3. The summed E-state index contributed by atoms with van der Waals surface area (Å²) in [4.78, 5) is 21.7. The van der Waals surface area contributed by atoms with Crippen LogP contribution in [-0.2, 0) is 21.2 Å². The number of nitrogens with zero attached hydrogens (tertiary/aromatic N) is 2. The molecule has 1 aliphatic heterocycles. The Morgan fingerprint density at radius 1 is 1.05 bits per heavy atom. The first-order valence-corrected chi connectivity index (χ1v) is 13.9. The molecule has 9 nitrogen and oxygen atoms in total. The van der Waals surface area contributed by atoms with Gasteiger partial charge >= 0.3 is 0 Å². The molecule has 38 heavy (non-hydrogen) atoms. The van der Waals surface area contributed by atoms with E-state index in [1.807, 2.05) is 6.07 Å². The number of benzene rings is 3. The lowest BCUT2D eigenvalue weighted by Gasteiger charge is -2.15. The molecule has 4 aromatic rings. The molecule has 1 aliphatic rings. The van der Waals surface area contributed by atoms with Crippen molar-refractivity contribution < 1.29 is 17.9 Å². The summed E-state index contributed by atoms with van der Waals surface area (Å²) < 4.78 is 34.8. The van der Waals surface area contributed by atoms with Crippen LogP contribution in [-0.4, -0.2) is 43.9 Å². The van der Waals surface area contributed by atoms with Crippen molar-refractivity contribution in [1.29, 1.82) is 0 Å². The maximum absolute atomic E-state index is 13.5. The van der Waals surface area contributed by atoms with E-state index < -0.39 is 10.0 Å². The van der Waals surface area contributed by atoms with Crippen molar-refractivity contribution >= 4 is 55.8 Å². The number of nitrogens with one attached hydrogen (secondary N) is 3. The molecular formula is C27H26ClN5O4S. The number of methoxy groups -OCH3 is 1. The van der Waals surface area contributed by atoms with Crippen LogP contribution in [0.2, 0.25) is 5.02 Å². The van der Waals surface area contributed by atoms with Gasteiger partial charge in [-0.2, -0.15) is 0 Å². The predicted molar refractivity (Wildman–Crippen MR) is 148 cm³/mol. The van der Waals surface area contributed by atoms with Crippen LogP contribution in [0.3, 0.4) is 0 Å². The van der Waals surface area contributed by atoms with Crippen LogP contribution in [0.5, 0.6) is 5.75 Å². The third kappa shape index (κ3) is 5.72. The van der Waals surface area contributed by atoms with Gasteiger partial charge in [0.2, 0.25) is 0 Å². The van der Waals surface area contributed by atoms with E-state index in [2.05, 4.69) is 25.3 Å². The molecule has 0 unspecified atom stereocenters. The van der Waals surface area contributed by atoms with Crippen molar-refractivity contribution in [3.63, 3.8) is 0 Å². The first kappa shape index (κ1) is 25.9. The molecule has 1 atom stereocenters. The first-order valence-electron chi connectivity index (χ1n) is 12.1. The lowest BCUT2D eigenvalue weighted by Crippen LogP contribution is -2.31. The lowest BCUT2D eigenvalue weighted by atomic mass is 10.0. The van der Waals surface area contributed by atoms with Gasteiger partial charge < -0.3 is 15.4 Å². The van der Waals surface area contributed by atoms with E-state index in [9.17, 15) is 13.2 Å². The maximum Gasteiger partial charge on any atom is 0.263 e. The summed E-state index contributed by atoms with van der Waals surface area (Å²) in [6.45, 7) is 0.818. The largest absolute Gasteiger partial charge is 0.497 e. The van der Waals surface area contributed by atoms with Gasteiger partial charge in [-0.1, -0.05) is 35.9 Å². The van der Waals surface area contributed by atoms with E-state index in [0.717, 1.165) is 19.4 Å². The minimum atomic E-state index is -4.07. The molecule has 3 aromatic carbocycles. The number of aromatic nitrogens is 2. The lowest BCUT2D eigenvalue weighted by molar-refractivity contribution is -0.120. The predicted octanol–water partition coefficient (Wildman–Crippen LogP) is 4.70.